The van der Waals surface area contributed by atoms with E-state index in [4.69, 9.17) is 4.42 Å². The zero-order valence-electron chi connectivity index (χ0n) is 9.99. The molecule has 2 heterocycles. The summed E-state index contributed by atoms with van der Waals surface area (Å²) in [5.41, 5.74) is 0. The lowest BCUT2D eigenvalue weighted by Gasteiger charge is -2.19. The second-order valence-electron chi connectivity index (χ2n) is 4.92. The lowest BCUT2D eigenvalue weighted by molar-refractivity contribution is 0.235. The fourth-order valence-electron chi connectivity index (χ4n) is 2.22. The van der Waals surface area contributed by atoms with Crippen LogP contribution in [0.4, 0.5) is 0 Å². The van der Waals surface area contributed by atoms with E-state index in [0.717, 1.165) is 24.1 Å². The van der Waals surface area contributed by atoms with Gasteiger partial charge in [0.1, 0.15) is 11.5 Å². The van der Waals surface area contributed by atoms with Crippen molar-refractivity contribution in [3.8, 4) is 0 Å². The number of hydrogen-bond donors (Lipinski definition) is 0. The zero-order chi connectivity index (χ0) is 10.8. The molecule has 15 heavy (non-hydrogen) atoms. The predicted molar refractivity (Wildman–Crippen MR) is 61.9 cm³/mol. The van der Waals surface area contributed by atoms with Crippen LogP contribution in [0.15, 0.2) is 16.5 Å². The van der Waals surface area contributed by atoms with Crippen LogP contribution in [0, 0.1) is 0 Å². The van der Waals surface area contributed by atoms with Crippen LogP contribution >= 0.6 is 0 Å². The van der Waals surface area contributed by atoms with Gasteiger partial charge >= 0.3 is 0 Å². The first kappa shape index (κ1) is 10.7. The van der Waals surface area contributed by atoms with Crippen LogP contribution < -0.4 is 0 Å². The first-order valence-corrected chi connectivity index (χ1v) is 5.99. The van der Waals surface area contributed by atoms with Crippen LogP contribution in [-0.2, 0) is 6.54 Å². The molecule has 2 heteroatoms. The standard InChI is InChI=1S/C13H21NO/c1-10(2)13-7-6-12(15-13)9-14-8-4-5-11(14)3/h6-7,10-11H,4-5,8-9H2,1-3H3. The Bertz CT molecular complexity index is 316. The first-order valence-electron chi connectivity index (χ1n) is 5.99. The molecule has 0 aromatic carbocycles. The number of hydrogen-bond acceptors (Lipinski definition) is 2. The Morgan fingerprint density at radius 3 is 2.80 bits per heavy atom. The van der Waals surface area contributed by atoms with Crippen LogP contribution in [0.2, 0.25) is 0 Å². The molecular weight excluding hydrogens is 186 g/mol. The van der Waals surface area contributed by atoms with Gasteiger partial charge in [0.05, 0.1) is 6.54 Å². The summed E-state index contributed by atoms with van der Waals surface area (Å²) < 4.78 is 5.81. The second-order valence-corrected chi connectivity index (χ2v) is 4.92. The Hall–Kier alpha value is -0.760. The highest BCUT2D eigenvalue weighted by Crippen LogP contribution is 2.22. The van der Waals surface area contributed by atoms with E-state index in [1.165, 1.54) is 19.4 Å². The Balaban J connectivity index is 1.98. The highest BCUT2D eigenvalue weighted by Gasteiger charge is 2.21. The molecule has 0 bridgehead atoms. The number of furan rings is 1. The van der Waals surface area contributed by atoms with Crippen molar-refractivity contribution in [2.24, 2.45) is 0 Å². The van der Waals surface area contributed by atoms with E-state index in [0.29, 0.717) is 5.92 Å². The van der Waals surface area contributed by atoms with E-state index in [9.17, 15) is 0 Å². The normalized spacial score (nSPS) is 22.8. The van der Waals surface area contributed by atoms with Crippen molar-refractivity contribution in [1.82, 2.24) is 4.90 Å². The molecule has 84 valence electrons. The Morgan fingerprint density at radius 2 is 2.27 bits per heavy atom. The van der Waals surface area contributed by atoms with Crippen LogP contribution in [-0.4, -0.2) is 17.5 Å². The lowest BCUT2D eigenvalue weighted by Crippen LogP contribution is -2.25. The van der Waals surface area contributed by atoms with Gasteiger partial charge in [-0.15, -0.1) is 0 Å². The van der Waals surface area contributed by atoms with Gasteiger partial charge < -0.3 is 4.42 Å². The van der Waals surface area contributed by atoms with E-state index in [-0.39, 0.29) is 0 Å². The third-order valence-corrected chi connectivity index (χ3v) is 3.30. The molecule has 1 fully saturated rings. The van der Waals surface area contributed by atoms with Gasteiger partial charge in [-0.05, 0) is 38.4 Å². The molecule has 0 radical (unpaired) electrons. The number of rotatable bonds is 3. The van der Waals surface area contributed by atoms with Crippen LogP contribution in [0.5, 0.6) is 0 Å². The summed E-state index contributed by atoms with van der Waals surface area (Å²) in [6, 6.07) is 4.96. The van der Waals surface area contributed by atoms with Crippen LogP contribution in [0.3, 0.4) is 0 Å². The van der Waals surface area contributed by atoms with Crippen molar-refractivity contribution >= 4 is 0 Å². The molecule has 1 atom stereocenters. The SMILES string of the molecule is CC(C)c1ccc(CN2CCCC2C)o1. The predicted octanol–water partition coefficient (Wildman–Crippen LogP) is 3.39. The Kier molecular flexibility index (Phi) is 3.15. The lowest BCUT2D eigenvalue weighted by atomic mass is 10.2. The molecule has 1 saturated heterocycles. The third kappa shape index (κ3) is 2.43. The van der Waals surface area contributed by atoms with E-state index in [1.807, 2.05) is 0 Å². The fourth-order valence-corrected chi connectivity index (χ4v) is 2.22. The zero-order valence-corrected chi connectivity index (χ0v) is 9.99. The minimum Gasteiger partial charge on any atom is -0.464 e. The maximum atomic E-state index is 5.81. The van der Waals surface area contributed by atoms with E-state index < -0.39 is 0 Å². The van der Waals surface area contributed by atoms with Crippen molar-refractivity contribution in [2.75, 3.05) is 6.54 Å². The second kappa shape index (κ2) is 4.40. The molecule has 1 aromatic rings. The molecule has 1 unspecified atom stereocenters. The largest absolute Gasteiger partial charge is 0.464 e. The highest BCUT2D eigenvalue weighted by atomic mass is 16.3. The molecule has 2 rings (SSSR count). The van der Waals surface area contributed by atoms with Crippen molar-refractivity contribution < 1.29 is 4.42 Å². The van der Waals surface area contributed by atoms with Gasteiger partial charge in [0, 0.05) is 12.0 Å². The van der Waals surface area contributed by atoms with Gasteiger partial charge in [0.15, 0.2) is 0 Å². The maximum Gasteiger partial charge on any atom is 0.118 e. The highest BCUT2D eigenvalue weighted by molar-refractivity contribution is 5.10. The molecule has 0 amide bonds. The number of likely N-dealkylation sites (tertiary alicyclic amines) is 1. The van der Waals surface area contributed by atoms with Crippen molar-refractivity contribution in [1.29, 1.82) is 0 Å². The summed E-state index contributed by atoms with van der Waals surface area (Å²) >= 11 is 0. The average molecular weight is 207 g/mol. The molecule has 0 saturated carbocycles. The van der Waals surface area contributed by atoms with Gasteiger partial charge in [0.2, 0.25) is 0 Å². The molecule has 1 aliphatic heterocycles. The third-order valence-electron chi connectivity index (χ3n) is 3.30. The molecule has 0 N–H and O–H groups in total. The van der Waals surface area contributed by atoms with Crippen molar-refractivity contribution in [2.45, 2.75) is 52.1 Å². The topological polar surface area (TPSA) is 16.4 Å². The molecule has 0 spiro atoms. The quantitative estimate of drug-likeness (QED) is 0.755. The average Bonchev–Trinajstić information content (AvgIpc) is 2.77. The molecule has 2 nitrogen and oxygen atoms in total. The summed E-state index contributed by atoms with van der Waals surface area (Å²) in [6.45, 7) is 8.84. The van der Waals surface area contributed by atoms with Gasteiger partial charge in [0.25, 0.3) is 0 Å². The monoisotopic (exact) mass is 207 g/mol. The smallest absolute Gasteiger partial charge is 0.118 e. The fraction of sp³-hybridized carbons (Fsp3) is 0.692. The van der Waals surface area contributed by atoms with Gasteiger partial charge in [-0.25, -0.2) is 0 Å². The molecule has 1 aliphatic rings. The van der Waals surface area contributed by atoms with Crippen molar-refractivity contribution in [3.05, 3.63) is 23.7 Å². The van der Waals surface area contributed by atoms with Gasteiger partial charge in [-0.1, -0.05) is 13.8 Å². The number of nitrogens with zero attached hydrogens (tertiary/aromatic N) is 1. The minimum atomic E-state index is 0.495. The van der Waals surface area contributed by atoms with E-state index in [2.05, 4.69) is 37.8 Å². The maximum absolute atomic E-state index is 5.81. The van der Waals surface area contributed by atoms with Crippen LogP contribution in [0.1, 0.15) is 51.1 Å². The minimum absolute atomic E-state index is 0.495. The van der Waals surface area contributed by atoms with Gasteiger partial charge in [-0.2, -0.15) is 0 Å². The van der Waals surface area contributed by atoms with Crippen molar-refractivity contribution in [3.63, 3.8) is 0 Å². The summed E-state index contributed by atoms with van der Waals surface area (Å²) in [5.74, 6) is 2.72. The van der Waals surface area contributed by atoms with Crippen LogP contribution in [0.25, 0.3) is 0 Å². The summed E-state index contributed by atoms with van der Waals surface area (Å²) in [4.78, 5) is 2.50. The summed E-state index contributed by atoms with van der Waals surface area (Å²) in [7, 11) is 0. The molecule has 0 aliphatic carbocycles. The molecule has 1 aromatic heterocycles. The van der Waals surface area contributed by atoms with E-state index >= 15 is 0 Å². The first-order chi connectivity index (χ1) is 7.16. The summed E-state index contributed by atoms with van der Waals surface area (Å²) in [5, 5.41) is 0. The Morgan fingerprint density at radius 1 is 1.47 bits per heavy atom. The Labute approximate surface area is 92.3 Å². The molecular formula is C13H21NO. The summed E-state index contributed by atoms with van der Waals surface area (Å²) in [6.07, 6.45) is 2.66. The van der Waals surface area contributed by atoms with E-state index in [1.54, 1.807) is 0 Å². The van der Waals surface area contributed by atoms with Gasteiger partial charge in [-0.3, -0.25) is 4.90 Å².